The molecule has 0 aliphatic heterocycles. The fraction of sp³-hybridized carbons (Fsp3) is 0.947. The van der Waals surface area contributed by atoms with Crippen LogP contribution in [0.4, 0.5) is 0 Å². The van der Waals surface area contributed by atoms with Gasteiger partial charge in [0.1, 0.15) is 19.3 Å². The SMILES string of the molecule is CCCCCCCCCCCCCCCCCCCCCCC(=O)O[C@H](COC(=O)CCCCCCCCCCCCCCCCCCCC)COP(=O)(O)OC[C@@H](O)COP(=O)(O)OC[C@@H](COC(=O)CCCCCCCCC)OC(=O)CCCCCCCCCCCC. The van der Waals surface area contributed by atoms with Crippen molar-refractivity contribution in [3.63, 3.8) is 0 Å². The largest absolute Gasteiger partial charge is 0.472 e. The number of phosphoric ester groups is 2. The third kappa shape index (κ3) is 70.3. The van der Waals surface area contributed by atoms with E-state index < -0.39 is 97.5 Å². The van der Waals surface area contributed by atoms with Gasteiger partial charge < -0.3 is 33.8 Å². The monoisotopic (exact) mass is 1400 g/mol. The van der Waals surface area contributed by atoms with Crippen molar-refractivity contribution in [3.05, 3.63) is 0 Å². The van der Waals surface area contributed by atoms with Crippen LogP contribution in [0.2, 0.25) is 0 Å². The fourth-order valence-electron chi connectivity index (χ4n) is 11.8. The second kappa shape index (κ2) is 70.5. The van der Waals surface area contributed by atoms with E-state index in [9.17, 15) is 43.2 Å². The maximum absolute atomic E-state index is 13.1. The lowest BCUT2D eigenvalue weighted by atomic mass is 10.0. The summed E-state index contributed by atoms with van der Waals surface area (Å²) in [4.78, 5) is 72.6. The van der Waals surface area contributed by atoms with E-state index in [1.54, 1.807) is 0 Å². The minimum absolute atomic E-state index is 0.107. The molecule has 3 N–H and O–H groups in total. The first-order valence-electron chi connectivity index (χ1n) is 39.8. The molecule has 0 saturated heterocycles. The van der Waals surface area contributed by atoms with Crippen LogP contribution in [-0.4, -0.2) is 96.7 Å². The number of hydrogen-bond acceptors (Lipinski definition) is 15. The van der Waals surface area contributed by atoms with Crippen LogP contribution >= 0.6 is 15.6 Å². The lowest BCUT2D eigenvalue weighted by Gasteiger charge is -2.21. The molecule has 0 heterocycles. The standard InChI is InChI=1S/C76H148O17P2/c1-5-9-13-17-21-24-27-29-31-33-35-36-38-40-42-44-47-51-55-59-63-76(81)93-72(67-87-74(79)61-57-53-49-46-43-41-39-37-34-32-30-28-25-22-18-14-10-6-2)69-91-95(84,85)89-65-70(77)64-88-94(82,83)90-68-71(66-86-73(78)60-56-52-48-20-16-12-8-4)92-75(80)62-58-54-50-45-26-23-19-15-11-7-3/h70-72,77H,5-69H2,1-4H3,(H,82,83)(H,84,85)/t70-,71+,72+/m0/s1. The van der Waals surface area contributed by atoms with Crippen molar-refractivity contribution in [3.8, 4) is 0 Å². The second-order valence-electron chi connectivity index (χ2n) is 27.4. The van der Waals surface area contributed by atoms with Gasteiger partial charge in [-0.25, -0.2) is 9.13 Å². The molecule has 0 fully saturated rings. The highest BCUT2D eigenvalue weighted by atomic mass is 31.2. The highest BCUT2D eigenvalue weighted by Gasteiger charge is 2.30. The topological polar surface area (TPSA) is 237 Å². The van der Waals surface area contributed by atoms with Crippen LogP contribution in [0.5, 0.6) is 0 Å². The van der Waals surface area contributed by atoms with Crippen LogP contribution in [0, 0.1) is 0 Å². The van der Waals surface area contributed by atoms with Gasteiger partial charge in [0, 0.05) is 25.7 Å². The number of carbonyl (C=O) groups is 4. The smallest absolute Gasteiger partial charge is 0.462 e. The molecule has 0 aromatic heterocycles. The number of carbonyl (C=O) groups excluding carboxylic acids is 4. The maximum Gasteiger partial charge on any atom is 0.472 e. The maximum atomic E-state index is 13.1. The Balaban J connectivity index is 5.15. The van der Waals surface area contributed by atoms with Gasteiger partial charge in [0.05, 0.1) is 26.4 Å². The summed E-state index contributed by atoms with van der Waals surface area (Å²) in [5.41, 5.74) is 0. The first-order chi connectivity index (χ1) is 46.2. The van der Waals surface area contributed by atoms with Gasteiger partial charge in [-0.2, -0.15) is 0 Å². The molecule has 95 heavy (non-hydrogen) atoms. The van der Waals surface area contributed by atoms with Crippen molar-refractivity contribution in [1.29, 1.82) is 0 Å². The van der Waals surface area contributed by atoms with Gasteiger partial charge in [0.15, 0.2) is 12.2 Å². The Hall–Kier alpha value is -1.94. The molecule has 0 rings (SSSR count). The summed E-state index contributed by atoms with van der Waals surface area (Å²) in [6.45, 7) is 4.93. The Morgan fingerprint density at radius 2 is 0.421 bits per heavy atom. The van der Waals surface area contributed by atoms with E-state index in [4.69, 9.17) is 37.0 Å². The molecular weight excluding hydrogens is 1250 g/mol. The number of rotatable bonds is 77. The summed E-state index contributed by atoms with van der Waals surface area (Å²) >= 11 is 0. The molecule has 0 radical (unpaired) electrons. The molecule has 19 heteroatoms. The lowest BCUT2D eigenvalue weighted by Crippen LogP contribution is -2.30. The summed E-state index contributed by atoms with van der Waals surface area (Å²) in [6.07, 6.45) is 61.3. The Morgan fingerprint density at radius 1 is 0.253 bits per heavy atom. The van der Waals surface area contributed by atoms with E-state index in [0.29, 0.717) is 25.7 Å². The summed E-state index contributed by atoms with van der Waals surface area (Å²) in [5.74, 6) is -2.12. The van der Waals surface area contributed by atoms with Crippen molar-refractivity contribution in [2.45, 2.75) is 425 Å². The molecule has 564 valence electrons. The third-order valence-corrected chi connectivity index (χ3v) is 19.8. The van der Waals surface area contributed by atoms with Crippen LogP contribution in [0.25, 0.3) is 0 Å². The number of phosphoric acid groups is 2. The molecule has 0 amide bonds. The van der Waals surface area contributed by atoms with Crippen molar-refractivity contribution in [2.75, 3.05) is 39.6 Å². The van der Waals surface area contributed by atoms with E-state index in [-0.39, 0.29) is 25.7 Å². The van der Waals surface area contributed by atoms with Gasteiger partial charge in [-0.3, -0.25) is 37.3 Å². The zero-order chi connectivity index (χ0) is 69.7. The molecule has 0 aromatic rings. The number of hydrogen-bond donors (Lipinski definition) is 3. The van der Waals surface area contributed by atoms with Gasteiger partial charge in [-0.1, -0.05) is 355 Å². The highest BCUT2D eigenvalue weighted by Crippen LogP contribution is 2.45. The molecule has 2 unspecified atom stereocenters. The number of aliphatic hydroxyl groups excluding tert-OH is 1. The number of esters is 4. The van der Waals surface area contributed by atoms with E-state index in [0.717, 1.165) is 103 Å². The summed E-state index contributed by atoms with van der Waals surface area (Å²) < 4.78 is 68.4. The van der Waals surface area contributed by atoms with E-state index in [2.05, 4.69) is 27.7 Å². The van der Waals surface area contributed by atoms with Crippen molar-refractivity contribution in [2.24, 2.45) is 0 Å². The fourth-order valence-corrected chi connectivity index (χ4v) is 13.3. The first-order valence-corrected chi connectivity index (χ1v) is 42.8. The Kier molecular flexibility index (Phi) is 69.1. The highest BCUT2D eigenvalue weighted by molar-refractivity contribution is 7.47. The Labute approximate surface area is 581 Å². The molecule has 0 spiro atoms. The van der Waals surface area contributed by atoms with Crippen molar-refractivity contribution >= 4 is 39.5 Å². The van der Waals surface area contributed by atoms with Crippen LogP contribution in [-0.2, 0) is 65.4 Å². The van der Waals surface area contributed by atoms with Crippen molar-refractivity contribution < 1.29 is 80.2 Å². The molecule has 0 bridgehead atoms. The minimum atomic E-state index is -4.96. The summed E-state index contributed by atoms with van der Waals surface area (Å²) in [7, 11) is -9.90. The van der Waals surface area contributed by atoms with E-state index >= 15 is 0 Å². The van der Waals surface area contributed by atoms with Crippen LogP contribution in [0.15, 0.2) is 0 Å². The zero-order valence-electron chi connectivity index (χ0n) is 61.6. The van der Waals surface area contributed by atoms with Gasteiger partial charge in [-0.15, -0.1) is 0 Å². The normalized spacial score (nSPS) is 13.9. The molecule has 17 nitrogen and oxygen atoms in total. The first kappa shape index (κ1) is 93.1. The number of aliphatic hydroxyl groups is 1. The van der Waals surface area contributed by atoms with Crippen LogP contribution in [0.3, 0.4) is 0 Å². The summed E-state index contributed by atoms with van der Waals surface area (Å²) in [5, 5.41) is 10.6. The third-order valence-electron chi connectivity index (χ3n) is 17.9. The average molecular weight is 1400 g/mol. The molecule has 0 aliphatic carbocycles. The van der Waals surface area contributed by atoms with Crippen LogP contribution < -0.4 is 0 Å². The Morgan fingerprint density at radius 3 is 0.621 bits per heavy atom. The van der Waals surface area contributed by atoms with Crippen LogP contribution in [0.1, 0.15) is 407 Å². The Bertz CT molecular complexity index is 1810. The summed E-state index contributed by atoms with van der Waals surface area (Å²) in [6, 6.07) is 0. The van der Waals surface area contributed by atoms with E-state index in [1.807, 2.05) is 0 Å². The van der Waals surface area contributed by atoms with Gasteiger partial charge >= 0.3 is 39.5 Å². The predicted molar refractivity (Wildman–Crippen MR) is 386 cm³/mol. The van der Waals surface area contributed by atoms with E-state index in [1.165, 1.54) is 225 Å². The number of unbranched alkanes of at least 4 members (excludes halogenated alkanes) is 51. The number of ether oxygens (including phenoxy) is 4. The minimum Gasteiger partial charge on any atom is -0.462 e. The molecule has 0 aromatic carbocycles. The lowest BCUT2D eigenvalue weighted by molar-refractivity contribution is -0.161. The second-order valence-corrected chi connectivity index (χ2v) is 30.3. The average Bonchev–Trinajstić information content (AvgIpc) is 2.33. The van der Waals surface area contributed by atoms with Gasteiger partial charge in [0.2, 0.25) is 0 Å². The molecule has 0 aliphatic rings. The molecule has 0 saturated carbocycles. The van der Waals surface area contributed by atoms with Crippen molar-refractivity contribution in [1.82, 2.24) is 0 Å². The van der Waals surface area contributed by atoms with Gasteiger partial charge in [-0.05, 0) is 25.7 Å². The molecular formula is C76H148O17P2. The molecule has 5 atom stereocenters. The van der Waals surface area contributed by atoms with Gasteiger partial charge in [0.25, 0.3) is 0 Å². The zero-order valence-corrected chi connectivity index (χ0v) is 63.4. The predicted octanol–water partition coefficient (Wildman–Crippen LogP) is 22.6. The quantitative estimate of drug-likeness (QED) is 0.0222.